The van der Waals surface area contributed by atoms with Crippen LogP contribution in [0.5, 0.6) is 11.5 Å². The summed E-state index contributed by atoms with van der Waals surface area (Å²) in [4.78, 5) is 28.9. The van der Waals surface area contributed by atoms with Gasteiger partial charge in [-0.15, -0.1) is 10.2 Å². The smallest absolute Gasteiger partial charge is 0.364 e. The van der Waals surface area contributed by atoms with Crippen molar-refractivity contribution in [3.63, 3.8) is 0 Å². The highest BCUT2D eigenvalue weighted by Gasteiger charge is 2.12. The maximum absolute atomic E-state index is 12.0. The van der Waals surface area contributed by atoms with E-state index in [0.29, 0.717) is 11.4 Å². The van der Waals surface area contributed by atoms with Crippen LogP contribution in [0.25, 0.3) is 0 Å². The molecule has 0 fully saturated rings. The van der Waals surface area contributed by atoms with Crippen molar-refractivity contribution < 1.29 is 24.6 Å². The number of aromatic hydroxyl groups is 2. The second-order valence-electron chi connectivity index (χ2n) is 5.72. The molecule has 0 aromatic heterocycles. The van der Waals surface area contributed by atoms with E-state index in [4.69, 9.17) is 16.4 Å². The summed E-state index contributed by atoms with van der Waals surface area (Å²) in [5.41, 5.74) is 3.46. The normalized spacial score (nSPS) is 10.7. The predicted octanol–water partition coefficient (Wildman–Crippen LogP) is 4.86. The van der Waals surface area contributed by atoms with E-state index in [9.17, 15) is 19.8 Å². The number of hydrogen-bond donors (Lipinski definition) is 3. The molecule has 0 atom stereocenters. The molecular weight excluding hydrogens is 398 g/mol. The molecule has 0 unspecified atom stereocenters. The Morgan fingerprint density at radius 3 is 2.34 bits per heavy atom. The Bertz CT molecular complexity index is 1080. The Morgan fingerprint density at radius 2 is 1.66 bits per heavy atom. The molecule has 0 aliphatic rings. The molecule has 0 heterocycles. The fourth-order valence-electron chi connectivity index (χ4n) is 2.24. The van der Waals surface area contributed by atoms with Gasteiger partial charge in [-0.25, -0.2) is 10.3 Å². The number of amides is 1. The molecule has 3 rings (SSSR count). The highest BCUT2D eigenvalue weighted by atomic mass is 35.5. The van der Waals surface area contributed by atoms with E-state index in [1.807, 2.05) is 0 Å². The van der Waals surface area contributed by atoms with Crippen LogP contribution in [0, 0.1) is 0 Å². The SMILES string of the molecule is O=C(N=Nc1ccc(NOC(=O)c2ccccc2Cl)cc1)c1ccc(O)cc1O. The lowest BCUT2D eigenvalue weighted by Gasteiger charge is -2.07. The number of nitrogens with one attached hydrogen (secondary N) is 1. The van der Waals surface area contributed by atoms with E-state index in [2.05, 4.69) is 15.7 Å². The predicted molar refractivity (Wildman–Crippen MR) is 106 cm³/mol. The van der Waals surface area contributed by atoms with Gasteiger partial charge in [0.2, 0.25) is 0 Å². The molecule has 3 aromatic rings. The number of carbonyl (C=O) groups excluding carboxylic acids is 2. The van der Waals surface area contributed by atoms with Gasteiger partial charge >= 0.3 is 5.97 Å². The van der Waals surface area contributed by atoms with Crippen LogP contribution >= 0.6 is 11.6 Å². The molecule has 0 spiro atoms. The highest BCUT2D eigenvalue weighted by molar-refractivity contribution is 6.33. The first-order chi connectivity index (χ1) is 13.9. The fourth-order valence-corrected chi connectivity index (χ4v) is 2.45. The van der Waals surface area contributed by atoms with Crippen LogP contribution in [0.4, 0.5) is 11.4 Å². The number of azo groups is 1. The zero-order valence-electron chi connectivity index (χ0n) is 14.7. The highest BCUT2D eigenvalue weighted by Crippen LogP contribution is 2.24. The van der Waals surface area contributed by atoms with E-state index >= 15 is 0 Å². The molecule has 0 aliphatic carbocycles. The molecule has 0 aliphatic heterocycles. The van der Waals surface area contributed by atoms with Crippen LogP contribution in [-0.2, 0) is 4.84 Å². The van der Waals surface area contributed by atoms with Gasteiger partial charge in [0.1, 0.15) is 11.5 Å². The van der Waals surface area contributed by atoms with Crippen molar-refractivity contribution in [2.75, 3.05) is 5.48 Å². The fraction of sp³-hybridized carbons (Fsp3) is 0. The first kappa shape index (κ1) is 19.8. The molecule has 9 heteroatoms. The first-order valence-corrected chi connectivity index (χ1v) is 8.61. The zero-order chi connectivity index (χ0) is 20.8. The maximum atomic E-state index is 12.0. The number of phenolic OH excluding ortho intramolecular Hbond substituents is 2. The number of anilines is 1. The molecule has 3 N–H and O–H groups in total. The summed E-state index contributed by atoms with van der Waals surface area (Å²) in [6, 6.07) is 16.2. The average Bonchev–Trinajstić information content (AvgIpc) is 2.71. The van der Waals surface area contributed by atoms with E-state index in [1.165, 1.54) is 12.1 Å². The minimum Gasteiger partial charge on any atom is -0.508 e. The molecule has 0 radical (unpaired) electrons. The molecule has 8 nitrogen and oxygen atoms in total. The van der Waals surface area contributed by atoms with Crippen molar-refractivity contribution in [1.82, 2.24) is 0 Å². The van der Waals surface area contributed by atoms with Gasteiger partial charge in [0.05, 0.1) is 27.5 Å². The number of carbonyl (C=O) groups is 2. The van der Waals surface area contributed by atoms with Gasteiger partial charge in [-0.1, -0.05) is 23.7 Å². The van der Waals surface area contributed by atoms with E-state index in [0.717, 1.165) is 6.07 Å². The zero-order valence-corrected chi connectivity index (χ0v) is 15.5. The largest absolute Gasteiger partial charge is 0.508 e. The number of hydrogen-bond acceptors (Lipinski definition) is 7. The van der Waals surface area contributed by atoms with Crippen molar-refractivity contribution in [3.8, 4) is 11.5 Å². The Morgan fingerprint density at radius 1 is 0.931 bits per heavy atom. The number of halogens is 1. The monoisotopic (exact) mass is 411 g/mol. The van der Waals surface area contributed by atoms with Gasteiger partial charge in [-0.3, -0.25) is 4.79 Å². The minimum atomic E-state index is -0.765. The van der Waals surface area contributed by atoms with E-state index in [-0.39, 0.29) is 21.9 Å². The van der Waals surface area contributed by atoms with Crippen LogP contribution in [0.3, 0.4) is 0 Å². The van der Waals surface area contributed by atoms with Crippen LogP contribution in [-0.4, -0.2) is 22.1 Å². The van der Waals surface area contributed by atoms with Crippen molar-refractivity contribution in [2.24, 2.45) is 10.2 Å². The second-order valence-corrected chi connectivity index (χ2v) is 6.13. The van der Waals surface area contributed by atoms with Crippen LogP contribution in [0.1, 0.15) is 20.7 Å². The Balaban J connectivity index is 1.60. The topological polar surface area (TPSA) is 121 Å². The second kappa shape index (κ2) is 8.85. The quantitative estimate of drug-likeness (QED) is 0.407. The van der Waals surface area contributed by atoms with Gasteiger partial charge in [0, 0.05) is 6.07 Å². The van der Waals surface area contributed by atoms with Crippen molar-refractivity contribution in [1.29, 1.82) is 0 Å². The summed E-state index contributed by atoms with van der Waals surface area (Å²) >= 11 is 5.94. The molecule has 29 heavy (non-hydrogen) atoms. The number of rotatable bonds is 5. The van der Waals surface area contributed by atoms with Crippen LogP contribution in [0.2, 0.25) is 5.02 Å². The van der Waals surface area contributed by atoms with Gasteiger partial charge < -0.3 is 15.1 Å². The third-order valence-electron chi connectivity index (χ3n) is 3.69. The maximum Gasteiger partial charge on any atom is 0.364 e. The van der Waals surface area contributed by atoms with Gasteiger partial charge in [0.15, 0.2) is 0 Å². The molecule has 0 saturated carbocycles. The summed E-state index contributed by atoms with van der Waals surface area (Å²) in [5.74, 6) is -1.97. The Labute approximate surface area is 170 Å². The van der Waals surface area contributed by atoms with Gasteiger partial charge in [-0.2, -0.15) is 0 Å². The molecule has 0 saturated heterocycles. The molecule has 3 aromatic carbocycles. The van der Waals surface area contributed by atoms with E-state index < -0.39 is 17.6 Å². The lowest BCUT2D eigenvalue weighted by molar-refractivity contribution is 0.0596. The first-order valence-electron chi connectivity index (χ1n) is 8.24. The number of nitrogens with zero attached hydrogens (tertiary/aromatic N) is 2. The lowest BCUT2D eigenvalue weighted by Crippen LogP contribution is -2.11. The summed E-state index contributed by atoms with van der Waals surface area (Å²) in [5, 5.41) is 26.5. The molecule has 146 valence electrons. The van der Waals surface area contributed by atoms with Gasteiger partial charge in [-0.05, 0) is 48.5 Å². The molecular formula is C20H14ClN3O5. The van der Waals surface area contributed by atoms with Gasteiger partial charge in [0.25, 0.3) is 5.91 Å². The number of benzene rings is 3. The minimum absolute atomic E-state index is 0.0867. The van der Waals surface area contributed by atoms with E-state index in [1.54, 1.807) is 48.5 Å². The lowest BCUT2D eigenvalue weighted by atomic mass is 10.2. The third kappa shape index (κ3) is 5.08. The number of phenols is 2. The van der Waals surface area contributed by atoms with Crippen LogP contribution < -0.4 is 5.48 Å². The van der Waals surface area contributed by atoms with Crippen molar-refractivity contribution >= 4 is 34.9 Å². The molecule has 0 bridgehead atoms. The van der Waals surface area contributed by atoms with Crippen molar-refractivity contribution in [2.45, 2.75) is 0 Å². The van der Waals surface area contributed by atoms with Crippen molar-refractivity contribution in [3.05, 3.63) is 82.9 Å². The Kier molecular flexibility index (Phi) is 6.06. The summed E-state index contributed by atoms with van der Waals surface area (Å²) in [6.45, 7) is 0. The summed E-state index contributed by atoms with van der Waals surface area (Å²) in [7, 11) is 0. The summed E-state index contributed by atoms with van der Waals surface area (Å²) in [6.07, 6.45) is 0. The standard InChI is InChI=1S/C20H14ClN3O5/c21-17-4-2-1-3-15(17)20(28)29-24-13-7-5-12(6-8-13)22-23-19(27)16-10-9-14(25)11-18(16)26/h1-11,24-26H. The summed E-state index contributed by atoms with van der Waals surface area (Å²) < 4.78 is 0. The Hall–Kier alpha value is -3.91. The molecule has 1 amide bonds. The average molecular weight is 412 g/mol. The third-order valence-corrected chi connectivity index (χ3v) is 4.02. The van der Waals surface area contributed by atoms with Crippen LogP contribution in [0.15, 0.2) is 77.0 Å².